The highest BCUT2D eigenvalue weighted by molar-refractivity contribution is 7.92. The first-order chi connectivity index (χ1) is 13.2. The summed E-state index contributed by atoms with van der Waals surface area (Å²) in [6, 6.07) is 12.0. The summed E-state index contributed by atoms with van der Waals surface area (Å²) in [4.78, 5) is 22.2. The number of anilines is 2. The maximum Gasteiger partial charge on any atom is 0.269 e. The van der Waals surface area contributed by atoms with Crippen LogP contribution >= 0.6 is 0 Å². The van der Waals surface area contributed by atoms with Crippen molar-refractivity contribution in [2.24, 2.45) is 0 Å². The summed E-state index contributed by atoms with van der Waals surface area (Å²) in [5.41, 5.74) is 0.464. The topological polar surface area (TPSA) is 144 Å². The van der Waals surface area contributed by atoms with Crippen molar-refractivity contribution in [3.63, 3.8) is 0 Å². The van der Waals surface area contributed by atoms with Gasteiger partial charge in [0.25, 0.3) is 21.6 Å². The fourth-order valence-corrected chi connectivity index (χ4v) is 3.25. The second kappa shape index (κ2) is 7.48. The fraction of sp³-hybridized carbons (Fsp3) is 0.0588. The molecule has 0 spiro atoms. The molecular weight excluding hydrogens is 388 g/mol. The molecule has 10 nitrogen and oxygen atoms in total. The largest absolute Gasteiger partial charge is 0.360 e. The number of benzene rings is 2. The lowest BCUT2D eigenvalue weighted by atomic mass is 10.2. The van der Waals surface area contributed by atoms with Gasteiger partial charge in [0.05, 0.1) is 9.82 Å². The maximum absolute atomic E-state index is 12.3. The molecule has 3 aromatic rings. The van der Waals surface area contributed by atoms with Crippen molar-refractivity contribution in [1.29, 1.82) is 0 Å². The zero-order valence-corrected chi connectivity index (χ0v) is 15.3. The summed E-state index contributed by atoms with van der Waals surface area (Å²) in [6.07, 6.45) is 0. The first kappa shape index (κ1) is 19.0. The molecule has 0 aliphatic rings. The predicted octanol–water partition coefficient (Wildman–Crippen LogP) is 2.94. The Morgan fingerprint density at radius 3 is 2.29 bits per heavy atom. The van der Waals surface area contributed by atoms with Gasteiger partial charge >= 0.3 is 0 Å². The maximum atomic E-state index is 12.3. The van der Waals surface area contributed by atoms with Crippen molar-refractivity contribution in [3.8, 4) is 0 Å². The van der Waals surface area contributed by atoms with Crippen LogP contribution in [0.15, 0.2) is 64.0 Å². The Morgan fingerprint density at radius 2 is 1.75 bits per heavy atom. The van der Waals surface area contributed by atoms with E-state index in [1.807, 2.05) is 0 Å². The zero-order chi connectivity index (χ0) is 20.3. The van der Waals surface area contributed by atoms with E-state index in [0.29, 0.717) is 11.4 Å². The molecule has 1 aromatic heterocycles. The van der Waals surface area contributed by atoms with Crippen LogP contribution in [0.2, 0.25) is 0 Å². The molecule has 3 rings (SSSR count). The number of nitro benzene ring substituents is 1. The lowest BCUT2D eigenvalue weighted by Gasteiger charge is -2.08. The highest BCUT2D eigenvalue weighted by atomic mass is 32.2. The second-order valence-electron chi connectivity index (χ2n) is 5.71. The Kier molecular flexibility index (Phi) is 5.09. The second-order valence-corrected chi connectivity index (χ2v) is 7.39. The van der Waals surface area contributed by atoms with Gasteiger partial charge in [-0.25, -0.2) is 8.42 Å². The number of amides is 1. The molecule has 11 heteroatoms. The Morgan fingerprint density at radius 1 is 1.11 bits per heavy atom. The summed E-state index contributed by atoms with van der Waals surface area (Å²) in [5.74, 6) is 0.0387. The van der Waals surface area contributed by atoms with E-state index in [1.165, 1.54) is 54.6 Å². The minimum atomic E-state index is -3.86. The molecule has 0 radical (unpaired) electrons. The third-order valence-corrected chi connectivity index (χ3v) is 5.00. The minimum absolute atomic E-state index is 0.0264. The molecule has 2 N–H and O–H groups in total. The Labute approximate surface area is 159 Å². The van der Waals surface area contributed by atoms with E-state index in [9.17, 15) is 23.3 Å². The molecule has 0 bridgehead atoms. The molecule has 0 saturated heterocycles. The average Bonchev–Trinajstić information content (AvgIpc) is 3.06. The van der Waals surface area contributed by atoms with Crippen molar-refractivity contribution >= 4 is 33.1 Å². The fourth-order valence-electron chi connectivity index (χ4n) is 2.27. The normalized spacial score (nSPS) is 11.0. The number of carbonyl (C=O) groups excluding carboxylic acids is 1. The third kappa shape index (κ3) is 4.32. The van der Waals surface area contributed by atoms with Crippen molar-refractivity contribution in [2.45, 2.75) is 11.8 Å². The molecule has 1 heterocycles. The molecule has 0 unspecified atom stereocenters. The highest BCUT2D eigenvalue weighted by Gasteiger charge is 2.16. The number of aryl methyl sites for hydroxylation is 1. The summed E-state index contributed by atoms with van der Waals surface area (Å²) in [7, 11) is -3.86. The molecule has 1 amide bonds. The molecule has 0 aliphatic carbocycles. The summed E-state index contributed by atoms with van der Waals surface area (Å²) < 4.78 is 31.7. The SMILES string of the molecule is Cc1cc(NS(=O)(=O)c2ccc(NC(=O)c3ccc([N+](=O)[O-])cc3)cc2)no1. The predicted molar refractivity (Wildman–Crippen MR) is 99.5 cm³/mol. The average molecular weight is 402 g/mol. The number of non-ortho nitro benzene ring substituents is 1. The van der Waals surface area contributed by atoms with Gasteiger partial charge in [0, 0.05) is 29.4 Å². The number of hydrogen-bond acceptors (Lipinski definition) is 7. The number of carbonyl (C=O) groups is 1. The van der Waals surface area contributed by atoms with Crippen LogP contribution in [0, 0.1) is 17.0 Å². The van der Waals surface area contributed by atoms with Crippen LogP contribution in [0.1, 0.15) is 16.1 Å². The smallest absolute Gasteiger partial charge is 0.269 e. The van der Waals surface area contributed by atoms with Gasteiger partial charge in [-0.3, -0.25) is 19.6 Å². The van der Waals surface area contributed by atoms with Crippen LogP contribution in [-0.4, -0.2) is 24.4 Å². The van der Waals surface area contributed by atoms with Gasteiger partial charge < -0.3 is 9.84 Å². The summed E-state index contributed by atoms with van der Waals surface area (Å²) in [5, 5.41) is 16.8. The van der Waals surface area contributed by atoms with Gasteiger partial charge in [0.1, 0.15) is 5.76 Å². The number of nitrogens with zero attached hydrogens (tertiary/aromatic N) is 2. The van der Waals surface area contributed by atoms with Crippen LogP contribution in [0.5, 0.6) is 0 Å². The van der Waals surface area contributed by atoms with E-state index in [-0.39, 0.29) is 22.0 Å². The molecule has 0 aliphatic heterocycles. The minimum Gasteiger partial charge on any atom is -0.360 e. The van der Waals surface area contributed by atoms with E-state index in [4.69, 9.17) is 4.52 Å². The molecular formula is C17H14N4O6S. The van der Waals surface area contributed by atoms with Crippen molar-refractivity contribution in [3.05, 3.63) is 76.0 Å². The molecule has 0 fully saturated rings. The van der Waals surface area contributed by atoms with Crippen LogP contribution in [0.3, 0.4) is 0 Å². The quantitative estimate of drug-likeness (QED) is 0.476. The van der Waals surface area contributed by atoms with E-state index in [1.54, 1.807) is 6.92 Å². The number of hydrogen-bond donors (Lipinski definition) is 2. The molecule has 0 saturated carbocycles. The molecule has 0 atom stereocenters. The summed E-state index contributed by atoms with van der Waals surface area (Å²) >= 11 is 0. The van der Waals surface area contributed by atoms with Crippen molar-refractivity contribution in [2.75, 3.05) is 10.0 Å². The molecule has 28 heavy (non-hydrogen) atoms. The number of aromatic nitrogens is 1. The van der Waals surface area contributed by atoms with E-state index in [2.05, 4.69) is 15.2 Å². The lowest BCUT2D eigenvalue weighted by molar-refractivity contribution is -0.384. The number of rotatable bonds is 6. The van der Waals surface area contributed by atoms with Gasteiger partial charge in [-0.15, -0.1) is 0 Å². The monoisotopic (exact) mass is 402 g/mol. The third-order valence-electron chi connectivity index (χ3n) is 3.63. The van der Waals surface area contributed by atoms with Crippen LogP contribution in [0.25, 0.3) is 0 Å². The number of sulfonamides is 1. The Hall–Kier alpha value is -3.73. The summed E-state index contributed by atoms with van der Waals surface area (Å²) in [6.45, 7) is 1.63. The van der Waals surface area contributed by atoms with Gasteiger partial charge in [-0.1, -0.05) is 5.16 Å². The van der Waals surface area contributed by atoms with Crippen molar-refractivity contribution < 1.29 is 22.7 Å². The number of nitrogens with one attached hydrogen (secondary N) is 2. The zero-order valence-electron chi connectivity index (χ0n) is 14.4. The van der Waals surface area contributed by atoms with Crippen molar-refractivity contribution in [1.82, 2.24) is 5.16 Å². The van der Waals surface area contributed by atoms with Gasteiger partial charge in [-0.2, -0.15) is 0 Å². The molecule has 144 valence electrons. The highest BCUT2D eigenvalue weighted by Crippen LogP contribution is 2.19. The Bertz CT molecular complexity index is 1120. The lowest BCUT2D eigenvalue weighted by Crippen LogP contribution is -2.14. The van der Waals surface area contributed by atoms with Gasteiger partial charge in [0.2, 0.25) is 0 Å². The van der Waals surface area contributed by atoms with Crippen LogP contribution < -0.4 is 10.0 Å². The van der Waals surface area contributed by atoms with Gasteiger partial charge in [0.15, 0.2) is 5.82 Å². The van der Waals surface area contributed by atoms with E-state index < -0.39 is 20.9 Å². The first-order valence-corrected chi connectivity index (χ1v) is 9.35. The Balaban J connectivity index is 1.69. The van der Waals surface area contributed by atoms with E-state index >= 15 is 0 Å². The molecule has 2 aromatic carbocycles. The van der Waals surface area contributed by atoms with Gasteiger partial charge in [-0.05, 0) is 43.3 Å². The standard InChI is InChI=1S/C17H14N4O6S/c1-11-10-16(19-27-11)20-28(25,26)15-8-4-13(5-9-15)18-17(22)12-2-6-14(7-3-12)21(23)24/h2-10H,1H3,(H,18,22)(H,19,20). The van der Waals surface area contributed by atoms with Crippen LogP contribution in [-0.2, 0) is 10.0 Å². The van der Waals surface area contributed by atoms with Crippen LogP contribution in [0.4, 0.5) is 17.2 Å². The first-order valence-electron chi connectivity index (χ1n) is 7.86. The van der Waals surface area contributed by atoms with E-state index in [0.717, 1.165) is 0 Å². The number of nitro groups is 1.